The van der Waals surface area contributed by atoms with Crippen molar-refractivity contribution in [2.75, 3.05) is 31.6 Å². The topological polar surface area (TPSA) is 15.3 Å². The Labute approximate surface area is 105 Å². The van der Waals surface area contributed by atoms with Gasteiger partial charge in [0, 0.05) is 19.3 Å². The van der Waals surface area contributed by atoms with Crippen LogP contribution in [0.3, 0.4) is 0 Å². The van der Waals surface area contributed by atoms with Gasteiger partial charge >= 0.3 is 0 Å². The Hall–Kier alpha value is -1.02. The maximum Gasteiger partial charge on any atom is 0.0396 e. The van der Waals surface area contributed by atoms with E-state index in [4.69, 9.17) is 0 Å². The van der Waals surface area contributed by atoms with E-state index in [0.29, 0.717) is 0 Å². The molecule has 0 saturated carbocycles. The van der Waals surface area contributed by atoms with Gasteiger partial charge in [-0.2, -0.15) is 0 Å². The molecule has 1 unspecified atom stereocenters. The second-order valence-corrected chi connectivity index (χ2v) is 5.39. The Balaban J connectivity index is 2.13. The molecule has 0 radical (unpaired) electrons. The van der Waals surface area contributed by atoms with Gasteiger partial charge in [0.25, 0.3) is 0 Å². The molecular weight excluding hydrogens is 208 g/mol. The SMILES string of the molecule is Cc1ccc(N(C)CC2CCNC2)c(C)c1C. The van der Waals surface area contributed by atoms with E-state index in [0.717, 1.165) is 12.5 Å². The van der Waals surface area contributed by atoms with Crippen molar-refractivity contribution in [2.45, 2.75) is 27.2 Å². The lowest BCUT2D eigenvalue weighted by Gasteiger charge is -2.25. The van der Waals surface area contributed by atoms with Crippen molar-refractivity contribution in [2.24, 2.45) is 5.92 Å². The molecular formula is C15H24N2. The standard InChI is InChI=1S/C15H24N2/c1-11-5-6-15(13(3)12(11)2)17(4)10-14-7-8-16-9-14/h5-6,14,16H,7-10H2,1-4H3. The highest BCUT2D eigenvalue weighted by Crippen LogP contribution is 2.25. The average molecular weight is 232 g/mol. The third-order valence-electron chi connectivity index (χ3n) is 4.14. The van der Waals surface area contributed by atoms with Crippen LogP contribution >= 0.6 is 0 Å². The lowest BCUT2D eigenvalue weighted by atomic mass is 10.0. The number of anilines is 1. The molecule has 1 saturated heterocycles. The van der Waals surface area contributed by atoms with Crippen molar-refractivity contribution in [1.29, 1.82) is 0 Å². The molecule has 2 rings (SSSR count). The van der Waals surface area contributed by atoms with Crippen LogP contribution in [0.1, 0.15) is 23.1 Å². The van der Waals surface area contributed by atoms with Crippen molar-refractivity contribution in [1.82, 2.24) is 5.32 Å². The highest BCUT2D eigenvalue weighted by atomic mass is 15.1. The lowest BCUT2D eigenvalue weighted by molar-refractivity contribution is 0.578. The monoisotopic (exact) mass is 232 g/mol. The zero-order valence-corrected chi connectivity index (χ0v) is 11.5. The van der Waals surface area contributed by atoms with Gasteiger partial charge in [-0.25, -0.2) is 0 Å². The molecule has 1 fully saturated rings. The molecule has 1 atom stereocenters. The van der Waals surface area contributed by atoms with E-state index in [1.54, 1.807) is 0 Å². The van der Waals surface area contributed by atoms with Crippen molar-refractivity contribution < 1.29 is 0 Å². The van der Waals surface area contributed by atoms with Crippen LogP contribution in [0.25, 0.3) is 0 Å². The third-order valence-corrected chi connectivity index (χ3v) is 4.14. The Morgan fingerprint density at radius 1 is 1.24 bits per heavy atom. The van der Waals surface area contributed by atoms with Crippen molar-refractivity contribution in [3.05, 3.63) is 28.8 Å². The van der Waals surface area contributed by atoms with Gasteiger partial charge in [-0.15, -0.1) is 0 Å². The van der Waals surface area contributed by atoms with Gasteiger partial charge in [0.1, 0.15) is 0 Å². The Kier molecular flexibility index (Phi) is 3.72. The number of rotatable bonds is 3. The van der Waals surface area contributed by atoms with E-state index in [2.05, 4.69) is 50.2 Å². The largest absolute Gasteiger partial charge is 0.374 e. The van der Waals surface area contributed by atoms with Crippen molar-refractivity contribution in [3.8, 4) is 0 Å². The van der Waals surface area contributed by atoms with Gasteiger partial charge in [-0.1, -0.05) is 6.07 Å². The van der Waals surface area contributed by atoms with Crippen LogP contribution < -0.4 is 10.2 Å². The summed E-state index contributed by atoms with van der Waals surface area (Å²) >= 11 is 0. The van der Waals surface area contributed by atoms with Crippen LogP contribution in [0.5, 0.6) is 0 Å². The molecule has 1 heterocycles. The minimum atomic E-state index is 0.806. The molecule has 17 heavy (non-hydrogen) atoms. The van der Waals surface area contributed by atoms with E-state index >= 15 is 0 Å². The predicted molar refractivity (Wildman–Crippen MR) is 74.9 cm³/mol. The molecule has 1 aliphatic heterocycles. The molecule has 1 aromatic carbocycles. The fourth-order valence-electron chi connectivity index (χ4n) is 2.71. The summed E-state index contributed by atoms with van der Waals surface area (Å²) in [6.07, 6.45) is 1.31. The molecule has 0 aliphatic carbocycles. The van der Waals surface area contributed by atoms with E-state index in [1.807, 2.05) is 0 Å². The van der Waals surface area contributed by atoms with Gasteiger partial charge in [-0.05, 0) is 69.0 Å². The molecule has 94 valence electrons. The number of benzene rings is 1. The number of hydrogen-bond donors (Lipinski definition) is 1. The van der Waals surface area contributed by atoms with Crippen LogP contribution in [0, 0.1) is 26.7 Å². The average Bonchev–Trinajstić information content (AvgIpc) is 2.78. The number of nitrogens with zero attached hydrogens (tertiary/aromatic N) is 1. The third kappa shape index (κ3) is 2.63. The van der Waals surface area contributed by atoms with Crippen molar-refractivity contribution >= 4 is 5.69 Å². The Bertz CT molecular complexity index is 392. The fraction of sp³-hybridized carbons (Fsp3) is 0.600. The molecule has 0 aromatic heterocycles. The summed E-state index contributed by atoms with van der Waals surface area (Å²) in [5.74, 6) is 0.806. The Morgan fingerprint density at radius 3 is 2.65 bits per heavy atom. The van der Waals surface area contributed by atoms with E-state index in [1.165, 1.54) is 41.9 Å². The second-order valence-electron chi connectivity index (χ2n) is 5.39. The van der Waals surface area contributed by atoms with Gasteiger partial charge in [-0.3, -0.25) is 0 Å². The molecule has 2 heteroatoms. The van der Waals surface area contributed by atoms with E-state index in [9.17, 15) is 0 Å². The molecule has 2 nitrogen and oxygen atoms in total. The minimum absolute atomic E-state index is 0.806. The van der Waals surface area contributed by atoms with Gasteiger partial charge in [0.2, 0.25) is 0 Å². The normalized spacial score (nSPS) is 19.6. The second kappa shape index (κ2) is 5.09. The van der Waals surface area contributed by atoms with Crippen LogP contribution in [0.15, 0.2) is 12.1 Å². The van der Waals surface area contributed by atoms with Crippen LogP contribution in [0.2, 0.25) is 0 Å². The summed E-state index contributed by atoms with van der Waals surface area (Å²) in [6.45, 7) is 10.2. The van der Waals surface area contributed by atoms with Crippen LogP contribution in [0.4, 0.5) is 5.69 Å². The summed E-state index contributed by atoms with van der Waals surface area (Å²) in [6, 6.07) is 4.50. The summed E-state index contributed by atoms with van der Waals surface area (Å²) in [4.78, 5) is 2.42. The maximum atomic E-state index is 3.44. The zero-order chi connectivity index (χ0) is 12.4. The summed E-state index contributed by atoms with van der Waals surface area (Å²) in [5, 5.41) is 3.44. The van der Waals surface area contributed by atoms with Gasteiger partial charge in [0.15, 0.2) is 0 Å². The molecule has 1 aliphatic rings. The van der Waals surface area contributed by atoms with Gasteiger partial charge < -0.3 is 10.2 Å². The molecule has 1 aromatic rings. The highest BCUT2D eigenvalue weighted by Gasteiger charge is 2.17. The van der Waals surface area contributed by atoms with E-state index in [-0.39, 0.29) is 0 Å². The summed E-state index contributed by atoms with van der Waals surface area (Å²) in [5.41, 5.74) is 5.64. The van der Waals surface area contributed by atoms with Crippen LogP contribution in [-0.2, 0) is 0 Å². The Morgan fingerprint density at radius 2 is 2.00 bits per heavy atom. The number of aryl methyl sites for hydroxylation is 1. The van der Waals surface area contributed by atoms with E-state index < -0.39 is 0 Å². The summed E-state index contributed by atoms with van der Waals surface area (Å²) in [7, 11) is 2.22. The van der Waals surface area contributed by atoms with Crippen LogP contribution in [-0.4, -0.2) is 26.7 Å². The first kappa shape index (κ1) is 12.4. The van der Waals surface area contributed by atoms with Gasteiger partial charge in [0.05, 0.1) is 0 Å². The highest BCUT2D eigenvalue weighted by molar-refractivity contribution is 5.57. The quantitative estimate of drug-likeness (QED) is 0.862. The first-order valence-corrected chi connectivity index (χ1v) is 6.58. The first-order chi connectivity index (χ1) is 8.09. The number of hydrogen-bond acceptors (Lipinski definition) is 2. The molecule has 0 bridgehead atoms. The smallest absolute Gasteiger partial charge is 0.0396 e. The predicted octanol–water partition coefficient (Wildman–Crippen LogP) is 2.66. The number of nitrogens with one attached hydrogen (secondary N) is 1. The minimum Gasteiger partial charge on any atom is -0.374 e. The molecule has 0 amide bonds. The molecule has 0 spiro atoms. The van der Waals surface area contributed by atoms with Crippen molar-refractivity contribution in [3.63, 3.8) is 0 Å². The zero-order valence-electron chi connectivity index (χ0n) is 11.5. The fourth-order valence-corrected chi connectivity index (χ4v) is 2.71. The summed E-state index contributed by atoms with van der Waals surface area (Å²) < 4.78 is 0. The maximum absolute atomic E-state index is 3.44. The lowest BCUT2D eigenvalue weighted by Crippen LogP contribution is -2.27. The molecule has 1 N–H and O–H groups in total. The first-order valence-electron chi connectivity index (χ1n) is 6.58.